The van der Waals surface area contributed by atoms with Crippen LogP contribution < -0.4 is 16.2 Å². The van der Waals surface area contributed by atoms with E-state index in [0.29, 0.717) is 27.6 Å². The Balaban J connectivity index is 1.35. The van der Waals surface area contributed by atoms with E-state index in [0.717, 1.165) is 5.69 Å². The van der Waals surface area contributed by atoms with E-state index in [1.54, 1.807) is 36.4 Å². The van der Waals surface area contributed by atoms with Crippen LogP contribution in [0.5, 0.6) is 0 Å². The smallest absolute Gasteiger partial charge is 0.338 e. The van der Waals surface area contributed by atoms with E-state index in [1.807, 2.05) is 30.5 Å². The summed E-state index contributed by atoms with van der Waals surface area (Å²) in [7, 11) is 0. The Morgan fingerprint density at radius 2 is 1.71 bits per heavy atom. The number of urea groups is 1. The zero-order valence-electron chi connectivity index (χ0n) is 16.5. The second-order valence-corrected chi connectivity index (χ2v) is 7.52. The molecule has 0 fully saturated rings. The van der Waals surface area contributed by atoms with E-state index in [-0.39, 0.29) is 12.2 Å². The number of fused-ring (bicyclic) bond motifs is 1. The third kappa shape index (κ3) is 4.78. The minimum Gasteiger partial charge on any atom is -0.456 e. The molecule has 31 heavy (non-hydrogen) atoms. The molecule has 9 heteroatoms. The monoisotopic (exact) mass is 434 g/mol. The van der Waals surface area contributed by atoms with Crippen LogP contribution in [0.15, 0.2) is 70.8 Å². The molecule has 0 unspecified atom stereocenters. The van der Waals surface area contributed by atoms with Gasteiger partial charge in [0, 0.05) is 28.5 Å². The van der Waals surface area contributed by atoms with Crippen molar-refractivity contribution < 1.29 is 14.3 Å². The summed E-state index contributed by atoms with van der Waals surface area (Å²) < 4.78 is 6.79. The van der Waals surface area contributed by atoms with Crippen molar-refractivity contribution in [2.45, 2.75) is 13.5 Å². The predicted molar refractivity (Wildman–Crippen MR) is 119 cm³/mol. The second kappa shape index (κ2) is 8.80. The Hall–Kier alpha value is -3.98. The highest BCUT2D eigenvalue weighted by molar-refractivity contribution is 7.15. The van der Waals surface area contributed by atoms with Crippen molar-refractivity contribution in [3.05, 3.63) is 93.3 Å². The molecular formula is C22H18N4O4S. The van der Waals surface area contributed by atoms with Gasteiger partial charge in [-0.3, -0.25) is 9.20 Å². The molecule has 8 nitrogen and oxygen atoms in total. The number of aryl methyl sites for hydroxylation is 1. The van der Waals surface area contributed by atoms with Crippen molar-refractivity contribution in [3.8, 4) is 0 Å². The summed E-state index contributed by atoms with van der Waals surface area (Å²) in [6, 6.07) is 16.3. The molecule has 0 atom stereocenters. The van der Waals surface area contributed by atoms with Gasteiger partial charge in [0.1, 0.15) is 6.61 Å². The minimum atomic E-state index is -0.551. The Labute approximate surface area is 181 Å². The molecule has 0 saturated heterocycles. The predicted octanol–water partition coefficient (Wildman–Crippen LogP) is 4.07. The van der Waals surface area contributed by atoms with Crippen molar-refractivity contribution in [2.24, 2.45) is 0 Å². The number of rotatable bonds is 5. The van der Waals surface area contributed by atoms with Crippen LogP contribution >= 0.6 is 11.3 Å². The standard InChI is InChI=1S/C22H18N4O4S/c1-14-13-31-22-25-18(11-19(27)26(14)22)12-30-20(28)15-7-9-17(10-8-15)24-21(29)23-16-5-3-2-4-6-16/h2-11,13H,12H2,1H3,(H2,23,24,29). The van der Waals surface area contributed by atoms with E-state index in [2.05, 4.69) is 15.6 Å². The first-order valence-electron chi connectivity index (χ1n) is 9.36. The Morgan fingerprint density at radius 1 is 1.03 bits per heavy atom. The van der Waals surface area contributed by atoms with Gasteiger partial charge in [-0.15, -0.1) is 11.3 Å². The molecule has 0 aliphatic rings. The number of hydrogen-bond acceptors (Lipinski definition) is 6. The lowest BCUT2D eigenvalue weighted by molar-refractivity contribution is 0.0468. The number of nitrogens with one attached hydrogen (secondary N) is 2. The number of hydrogen-bond donors (Lipinski definition) is 2. The molecule has 0 saturated carbocycles. The summed E-state index contributed by atoms with van der Waals surface area (Å²) in [6.45, 7) is 1.72. The maximum atomic E-state index is 12.3. The van der Waals surface area contributed by atoms with Crippen LogP contribution in [0.3, 0.4) is 0 Å². The van der Waals surface area contributed by atoms with E-state index in [9.17, 15) is 14.4 Å². The Bertz CT molecular complexity index is 1300. The number of aromatic nitrogens is 2. The molecule has 156 valence electrons. The normalized spacial score (nSPS) is 10.6. The van der Waals surface area contributed by atoms with Gasteiger partial charge in [0.25, 0.3) is 5.56 Å². The van der Waals surface area contributed by atoms with Crippen molar-refractivity contribution in [1.82, 2.24) is 9.38 Å². The average Bonchev–Trinajstić information content (AvgIpc) is 3.14. The summed E-state index contributed by atoms with van der Waals surface area (Å²) in [4.78, 5) is 41.4. The molecule has 2 N–H and O–H groups in total. The lowest BCUT2D eigenvalue weighted by Gasteiger charge is -2.08. The van der Waals surface area contributed by atoms with Crippen molar-refractivity contribution in [1.29, 1.82) is 0 Å². The van der Waals surface area contributed by atoms with Crippen LogP contribution in [0.1, 0.15) is 21.7 Å². The summed E-state index contributed by atoms with van der Waals surface area (Å²) >= 11 is 1.35. The van der Waals surface area contributed by atoms with Gasteiger partial charge in [-0.05, 0) is 43.3 Å². The van der Waals surface area contributed by atoms with Gasteiger partial charge in [0.15, 0.2) is 4.96 Å². The number of benzene rings is 2. The van der Waals surface area contributed by atoms with Gasteiger partial charge in [0.05, 0.1) is 11.3 Å². The summed E-state index contributed by atoms with van der Waals surface area (Å²) in [5.41, 5.74) is 2.50. The molecule has 4 aromatic rings. The number of para-hydroxylation sites is 1. The molecule has 0 spiro atoms. The van der Waals surface area contributed by atoms with Crippen LogP contribution in [0.2, 0.25) is 0 Å². The van der Waals surface area contributed by atoms with Crippen LogP contribution in [-0.2, 0) is 11.3 Å². The fourth-order valence-corrected chi connectivity index (χ4v) is 3.79. The van der Waals surface area contributed by atoms with Gasteiger partial charge in [-0.1, -0.05) is 18.2 Å². The van der Waals surface area contributed by atoms with Crippen molar-refractivity contribution in [3.63, 3.8) is 0 Å². The number of nitrogens with zero attached hydrogens (tertiary/aromatic N) is 2. The zero-order chi connectivity index (χ0) is 21.8. The first-order valence-corrected chi connectivity index (χ1v) is 10.2. The third-order valence-electron chi connectivity index (χ3n) is 4.39. The Morgan fingerprint density at radius 3 is 2.42 bits per heavy atom. The number of carbonyl (C=O) groups is 2. The fraction of sp³-hybridized carbons (Fsp3) is 0.0909. The minimum absolute atomic E-state index is 0.110. The molecule has 0 radical (unpaired) electrons. The lowest BCUT2D eigenvalue weighted by atomic mass is 10.2. The lowest BCUT2D eigenvalue weighted by Crippen LogP contribution is -2.19. The molecule has 0 bridgehead atoms. The van der Waals surface area contributed by atoms with Crippen molar-refractivity contribution >= 4 is 39.7 Å². The molecule has 2 aromatic carbocycles. The number of thiazole rings is 1. The molecule has 2 amide bonds. The third-order valence-corrected chi connectivity index (χ3v) is 5.33. The molecule has 2 heterocycles. The molecule has 0 aliphatic heterocycles. The summed E-state index contributed by atoms with van der Waals surface area (Å²) in [6.07, 6.45) is 0. The average molecular weight is 434 g/mol. The van der Waals surface area contributed by atoms with Crippen molar-refractivity contribution in [2.75, 3.05) is 10.6 Å². The van der Waals surface area contributed by atoms with E-state index in [1.165, 1.54) is 21.8 Å². The highest BCUT2D eigenvalue weighted by Gasteiger charge is 2.11. The first-order chi connectivity index (χ1) is 15.0. The molecule has 0 aliphatic carbocycles. The largest absolute Gasteiger partial charge is 0.456 e. The SMILES string of the molecule is Cc1csc2nc(COC(=O)c3ccc(NC(=O)Nc4ccccc4)cc3)cc(=O)n12. The highest BCUT2D eigenvalue weighted by Crippen LogP contribution is 2.14. The number of anilines is 2. The topological polar surface area (TPSA) is 102 Å². The van der Waals surface area contributed by atoms with E-state index >= 15 is 0 Å². The summed E-state index contributed by atoms with van der Waals surface area (Å²) in [5, 5.41) is 7.24. The number of carbonyl (C=O) groups excluding carboxylic acids is 2. The van der Waals surface area contributed by atoms with Gasteiger partial charge in [-0.2, -0.15) is 0 Å². The van der Waals surface area contributed by atoms with Crippen LogP contribution in [0, 0.1) is 6.92 Å². The molecular weight excluding hydrogens is 416 g/mol. The van der Waals surface area contributed by atoms with E-state index < -0.39 is 12.0 Å². The molecule has 2 aromatic heterocycles. The maximum absolute atomic E-state index is 12.3. The van der Waals surface area contributed by atoms with Gasteiger partial charge >= 0.3 is 12.0 Å². The first kappa shape index (κ1) is 20.3. The van der Waals surface area contributed by atoms with Crippen LogP contribution in [-0.4, -0.2) is 21.4 Å². The quantitative estimate of drug-likeness (QED) is 0.461. The van der Waals surface area contributed by atoms with E-state index in [4.69, 9.17) is 4.74 Å². The maximum Gasteiger partial charge on any atom is 0.338 e. The Kier molecular flexibility index (Phi) is 5.76. The van der Waals surface area contributed by atoms with Crippen LogP contribution in [0.25, 0.3) is 4.96 Å². The van der Waals surface area contributed by atoms with Gasteiger partial charge in [-0.25, -0.2) is 14.6 Å². The summed E-state index contributed by atoms with van der Waals surface area (Å²) in [5.74, 6) is -0.551. The number of ether oxygens (including phenoxy) is 1. The zero-order valence-corrected chi connectivity index (χ0v) is 17.3. The highest BCUT2D eigenvalue weighted by atomic mass is 32.1. The second-order valence-electron chi connectivity index (χ2n) is 6.68. The molecule has 4 rings (SSSR count). The number of amides is 2. The number of esters is 1. The van der Waals surface area contributed by atoms with Gasteiger partial charge in [0.2, 0.25) is 0 Å². The van der Waals surface area contributed by atoms with Crippen LogP contribution in [0.4, 0.5) is 16.2 Å². The van der Waals surface area contributed by atoms with Gasteiger partial charge < -0.3 is 15.4 Å². The fourth-order valence-electron chi connectivity index (χ4n) is 2.90.